The van der Waals surface area contributed by atoms with E-state index in [0.29, 0.717) is 28.7 Å². The molecule has 2 N–H and O–H groups in total. The van der Waals surface area contributed by atoms with Crippen LogP contribution in [-0.4, -0.2) is 51.7 Å². The minimum atomic E-state index is -2.70. The number of hydrogen-bond donors (Lipinski definition) is 2. The molecular formula is C23H23F2N7O4. The fraction of sp³-hybridized carbons (Fsp3) is 0.391. The third-order valence-corrected chi connectivity index (χ3v) is 5.65. The summed E-state index contributed by atoms with van der Waals surface area (Å²) in [7, 11) is 0. The molecule has 1 fully saturated rings. The number of carbonyl (C=O) groups is 1. The van der Waals surface area contributed by atoms with E-state index in [1.54, 1.807) is 19.9 Å². The molecule has 4 rings (SSSR count). The van der Waals surface area contributed by atoms with Gasteiger partial charge in [-0.1, -0.05) is 6.92 Å². The van der Waals surface area contributed by atoms with Crippen molar-refractivity contribution in [1.29, 1.82) is 5.26 Å². The number of rotatable bonds is 8. The molecule has 3 heterocycles. The number of carbonyl (C=O) groups excluding carboxylic acids is 1. The van der Waals surface area contributed by atoms with Crippen molar-refractivity contribution in [2.75, 3.05) is 23.4 Å². The highest BCUT2D eigenvalue weighted by Crippen LogP contribution is 2.27. The lowest BCUT2D eigenvalue weighted by Gasteiger charge is -2.20. The SMILES string of the molecule is CC[C@H]1COC(=O)N1c1nc(C)nc(N[C@@H](C)c2cc3cc(C#N)c(OCC(F)F)cc3[nH]c2=O)n1. The molecule has 3 aromatic rings. The number of nitrogens with one attached hydrogen (secondary N) is 2. The molecule has 1 saturated heterocycles. The van der Waals surface area contributed by atoms with Gasteiger partial charge in [0.2, 0.25) is 11.9 Å². The number of nitrogens with zero attached hydrogens (tertiary/aromatic N) is 5. The first kappa shape index (κ1) is 24.8. The number of H-pyrrole nitrogens is 1. The monoisotopic (exact) mass is 499 g/mol. The van der Waals surface area contributed by atoms with Crippen LogP contribution < -0.4 is 20.5 Å². The lowest BCUT2D eigenvalue weighted by Crippen LogP contribution is -2.35. The van der Waals surface area contributed by atoms with Crippen molar-refractivity contribution in [2.24, 2.45) is 0 Å². The summed E-state index contributed by atoms with van der Waals surface area (Å²) >= 11 is 0. The van der Waals surface area contributed by atoms with E-state index >= 15 is 0 Å². The van der Waals surface area contributed by atoms with Crippen LogP contribution in [0.15, 0.2) is 23.0 Å². The average Bonchev–Trinajstić information content (AvgIpc) is 3.21. The van der Waals surface area contributed by atoms with E-state index in [4.69, 9.17) is 9.47 Å². The number of benzene rings is 1. The predicted molar refractivity (Wildman–Crippen MR) is 125 cm³/mol. The maximum absolute atomic E-state index is 12.8. The zero-order chi connectivity index (χ0) is 26.0. The molecule has 2 atom stereocenters. The number of pyridine rings is 1. The minimum Gasteiger partial charge on any atom is -0.486 e. The van der Waals surface area contributed by atoms with E-state index in [0.717, 1.165) is 0 Å². The molecule has 11 nitrogen and oxygen atoms in total. The number of amides is 1. The normalized spacial score (nSPS) is 16.2. The highest BCUT2D eigenvalue weighted by atomic mass is 19.3. The molecule has 1 aliphatic heterocycles. The van der Waals surface area contributed by atoms with Gasteiger partial charge in [0.25, 0.3) is 12.0 Å². The number of cyclic esters (lactones) is 1. The summed E-state index contributed by atoms with van der Waals surface area (Å²) < 4.78 is 35.2. The second-order valence-electron chi connectivity index (χ2n) is 8.18. The molecule has 13 heteroatoms. The van der Waals surface area contributed by atoms with Gasteiger partial charge in [-0.2, -0.15) is 20.2 Å². The van der Waals surface area contributed by atoms with Gasteiger partial charge < -0.3 is 19.8 Å². The topological polar surface area (TPSA) is 146 Å². The second kappa shape index (κ2) is 10.1. The maximum Gasteiger partial charge on any atom is 0.417 e. The number of hydrogen-bond acceptors (Lipinski definition) is 9. The van der Waals surface area contributed by atoms with Gasteiger partial charge in [-0.3, -0.25) is 4.79 Å². The molecule has 1 amide bonds. The van der Waals surface area contributed by atoms with Crippen molar-refractivity contribution < 1.29 is 23.0 Å². The van der Waals surface area contributed by atoms with Crippen molar-refractivity contribution in [3.05, 3.63) is 45.5 Å². The number of halogens is 2. The van der Waals surface area contributed by atoms with E-state index in [9.17, 15) is 23.6 Å². The number of ether oxygens (including phenoxy) is 2. The summed E-state index contributed by atoms with van der Waals surface area (Å²) in [5, 5.41) is 13.0. The van der Waals surface area contributed by atoms with Crippen LogP contribution in [0.25, 0.3) is 10.9 Å². The number of alkyl halides is 2. The first-order valence-electron chi connectivity index (χ1n) is 11.2. The Hall–Kier alpha value is -4.34. The smallest absolute Gasteiger partial charge is 0.417 e. The Bertz CT molecular complexity index is 1410. The minimum absolute atomic E-state index is 0.0427. The van der Waals surface area contributed by atoms with Crippen molar-refractivity contribution in [3.8, 4) is 11.8 Å². The molecule has 188 valence electrons. The Kier molecular flexibility index (Phi) is 6.96. The maximum atomic E-state index is 12.8. The molecule has 0 bridgehead atoms. The number of nitriles is 1. The summed E-state index contributed by atoms with van der Waals surface area (Å²) in [4.78, 5) is 42.0. The quantitative estimate of drug-likeness (QED) is 0.476. The lowest BCUT2D eigenvalue weighted by molar-refractivity contribution is 0.0818. The Morgan fingerprint density at radius 1 is 1.31 bits per heavy atom. The van der Waals surface area contributed by atoms with E-state index < -0.39 is 30.7 Å². The van der Waals surface area contributed by atoms with Crippen LogP contribution in [0.1, 0.15) is 43.3 Å². The molecule has 0 unspecified atom stereocenters. The van der Waals surface area contributed by atoms with Gasteiger partial charge >= 0.3 is 6.09 Å². The number of anilines is 2. The molecule has 2 aromatic heterocycles. The van der Waals surface area contributed by atoms with Crippen LogP contribution in [0.2, 0.25) is 0 Å². The van der Waals surface area contributed by atoms with E-state index in [-0.39, 0.29) is 35.9 Å². The third-order valence-electron chi connectivity index (χ3n) is 5.65. The Morgan fingerprint density at radius 3 is 2.78 bits per heavy atom. The first-order valence-corrected chi connectivity index (χ1v) is 11.2. The van der Waals surface area contributed by atoms with E-state index in [1.165, 1.54) is 17.0 Å². The summed E-state index contributed by atoms with van der Waals surface area (Å²) in [6.07, 6.45) is -2.59. The summed E-state index contributed by atoms with van der Waals surface area (Å²) in [6, 6.07) is 5.53. The van der Waals surface area contributed by atoms with Crippen molar-refractivity contribution in [1.82, 2.24) is 19.9 Å². The van der Waals surface area contributed by atoms with Crippen LogP contribution in [0.5, 0.6) is 5.75 Å². The average molecular weight is 499 g/mol. The van der Waals surface area contributed by atoms with Gasteiger partial charge in [-0.05, 0) is 32.4 Å². The standard InChI is InChI=1S/C23H23F2N7O4/c1-4-15-9-36-23(34)32(15)22-29-12(3)28-21(31-22)27-11(2)16-6-13-5-14(8-26)18(35-10-19(24)25)7-17(13)30-20(16)33/h5-7,11,15,19H,4,9-10H2,1-3H3,(H,30,33)(H,27,28,29,31)/t11-,15-/m0/s1. The van der Waals surface area contributed by atoms with Crippen LogP contribution in [-0.2, 0) is 4.74 Å². The number of aryl methyl sites for hydroxylation is 1. The summed E-state index contributed by atoms with van der Waals surface area (Å²) in [5.41, 5.74) is 0.268. The predicted octanol–water partition coefficient (Wildman–Crippen LogP) is 3.45. The third kappa shape index (κ3) is 5.02. The van der Waals surface area contributed by atoms with E-state index in [2.05, 4.69) is 25.3 Å². The summed E-state index contributed by atoms with van der Waals surface area (Å²) in [5.74, 6) is 0.632. The molecule has 0 saturated carbocycles. The first-order chi connectivity index (χ1) is 17.2. The largest absolute Gasteiger partial charge is 0.486 e. The molecule has 0 spiro atoms. The zero-order valence-corrected chi connectivity index (χ0v) is 19.7. The molecule has 1 aliphatic rings. The summed E-state index contributed by atoms with van der Waals surface area (Å²) in [6.45, 7) is 4.67. The molecule has 0 radical (unpaired) electrons. The van der Waals surface area contributed by atoms with E-state index in [1.807, 2.05) is 13.0 Å². The Balaban J connectivity index is 1.64. The Morgan fingerprint density at radius 2 is 2.08 bits per heavy atom. The number of aromatic nitrogens is 4. The Labute approximate surface area is 204 Å². The highest BCUT2D eigenvalue weighted by Gasteiger charge is 2.35. The van der Waals surface area contributed by atoms with Crippen molar-refractivity contribution >= 4 is 28.9 Å². The zero-order valence-electron chi connectivity index (χ0n) is 19.7. The number of aromatic amines is 1. The van der Waals surface area contributed by atoms with Gasteiger partial charge in [0.05, 0.1) is 23.2 Å². The van der Waals surface area contributed by atoms with Crippen molar-refractivity contribution in [2.45, 2.75) is 45.7 Å². The fourth-order valence-electron chi connectivity index (χ4n) is 3.85. The number of fused-ring (bicyclic) bond motifs is 1. The van der Waals surface area contributed by atoms with Gasteiger partial charge in [0.15, 0.2) is 0 Å². The molecular weight excluding hydrogens is 476 g/mol. The van der Waals surface area contributed by atoms with Crippen molar-refractivity contribution in [3.63, 3.8) is 0 Å². The molecule has 36 heavy (non-hydrogen) atoms. The van der Waals surface area contributed by atoms with Gasteiger partial charge in [-0.25, -0.2) is 18.5 Å². The van der Waals surface area contributed by atoms with Crippen LogP contribution in [0, 0.1) is 18.3 Å². The van der Waals surface area contributed by atoms with Crippen LogP contribution in [0.4, 0.5) is 25.5 Å². The van der Waals surface area contributed by atoms with Gasteiger partial charge in [-0.15, -0.1) is 0 Å². The van der Waals surface area contributed by atoms with Gasteiger partial charge in [0.1, 0.15) is 30.9 Å². The lowest BCUT2D eigenvalue weighted by atomic mass is 10.1. The van der Waals surface area contributed by atoms with Crippen LogP contribution in [0.3, 0.4) is 0 Å². The van der Waals surface area contributed by atoms with Gasteiger partial charge in [0, 0.05) is 17.0 Å². The molecule has 0 aliphatic carbocycles. The second-order valence-corrected chi connectivity index (χ2v) is 8.18. The van der Waals surface area contributed by atoms with Crippen LogP contribution >= 0.6 is 0 Å². The fourth-order valence-corrected chi connectivity index (χ4v) is 3.85. The highest BCUT2D eigenvalue weighted by molar-refractivity contribution is 5.88. The molecule has 1 aromatic carbocycles.